The molecule has 0 spiro atoms. The van der Waals surface area contributed by atoms with Crippen LogP contribution in [-0.2, 0) is 0 Å². The second-order valence-electron chi connectivity index (χ2n) is 10.5. The number of aryl methyl sites for hydroxylation is 1. The number of para-hydroxylation sites is 2. The lowest BCUT2D eigenvalue weighted by Crippen LogP contribution is -1.99. The summed E-state index contributed by atoms with van der Waals surface area (Å²) in [5.41, 5.74) is 10.9. The van der Waals surface area contributed by atoms with Crippen molar-refractivity contribution >= 4 is 38.7 Å². The van der Waals surface area contributed by atoms with Gasteiger partial charge < -0.3 is 9.30 Å². The minimum atomic E-state index is 0.900. The molecule has 2 heteroatoms. The summed E-state index contributed by atoms with van der Waals surface area (Å²) in [5, 5.41) is 4.93. The molecule has 0 amide bonds. The monoisotopic (exact) mass is 513 g/mol. The first-order valence-corrected chi connectivity index (χ1v) is 13.8. The molecule has 0 saturated carbocycles. The Morgan fingerprint density at radius 3 is 2.30 bits per heavy atom. The van der Waals surface area contributed by atoms with Crippen molar-refractivity contribution in [2.75, 3.05) is 0 Å². The first-order valence-electron chi connectivity index (χ1n) is 13.8. The SMILES string of the molecule is C/C=C\c1c(C)cc(-c2ccc3c(c2)-c2cccc4cccc(c24)O3)c2c1c1ccccc1n2-c1ccccc1. The Morgan fingerprint density at radius 1 is 0.650 bits per heavy atom. The smallest absolute Gasteiger partial charge is 0.135 e. The van der Waals surface area contributed by atoms with E-state index in [1.54, 1.807) is 0 Å². The van der Waals surface area contributed by atoms with Gasteiger partial charge >= 0.3 is 0 Å². The normalized spacial score (nSPS) is 12.3. The van der Waals surface area contributed by atoms with Crippen molar-refractivity contribution < 1.29 is 4.74 Å². The van der Waals surface area contributed by atoms with Crippen molar-refractivity contribution in [3.8, 4) is 39.4 Å². The topological polar surface area (TPSA) is 14.2 Å². The lowest BCUT2D eigenvalue weighted by atomic mass is 9.90. The third-order valence-electron chi connectivity index (χ3n) is 8.20. The number of allylic oxidation sites excluding steroid dienone is 1. The summed E-state index contributed by atoms with van der Waals surface area (Å²) in [4.78, 5) is 0. The van der Waals surface area contributed by atoms with Crippen LogP contribution in [-0.4, -0.2) is 4.57 Å². The van der Waals surface area contributed by atoms with E-state index in [9.17, 15) is 0 Å². The predicted molar refractivity (Wildman–Crippen MR) is 169 cm³/mol. The summed E-state index contributed by atoms with van der Waals surface area (Å²) in [7, 11) is 0. The number of hydrogen-bond acceptors (Lipinski definition) is 1. The van der Waals surface area contributed by atoms with Gasteiger partial charge in [-0.15, -0.1) is 0 Å². The van der Waals surface area contributed by atoms with Gasteiger partial charge in [0.2, 0.25) is 0 Å². The second kappa shape index (κ2) is 8.72. The molecule has 0 saturated heterocycles. The molecular weight excluding hydrogens is 486 g/mol. The Labute approximate surface area is 233 Å². The maximum Gasteiger partial charge on any atom is 0.135 e. The highest BCUT2D eigenvalue weighted by molar-refractivity contribution is 6.17. The van der Waals surface area contributed by atoms with Crippen molar-refractivity contribution in [1.82, 2.24) is 4.57 Å². The van der Waals surface area contributed by atoms with E-state index in [2.05, 4.69) is 146 Å². The average Bonchev–Trinajstić information content (AvgIpc) is 3.34. The fourth-order valence-corrected chi connectivity index (χ4v) is 6.51. The van der Waals surface area contributed by atoms with Crippen molar-refractivity contribution in [3.05, 3.63) is 132 Å². The van der Waals surface area contributed by atoms with Crippen molar-refractivity contribution in [2.24, 2.45) is 0 Å². The Hall–Kier alpha value is -5.08. The largest absolute Gasteiger partial charge is 0.456 e. The third-order valence-corrected chi connectivity index (χ3v) is 8.20. The lowest BCUT2D eigenvalue weighted by Gasteiger charge is -2.22. The van der Waals surface area contributed by atoms with Gasteiger partial charge in [0.1, 0.15) is 11.5 Å². The van der Waals surface area contributed by atoms with Crippen LogP contribution in [0.1, 0.15) is 18.1 Å². The molecule has 190 valence electrons. The van der Waals surface area contributed by atoms with Crippen molar-refractivity contribution in [2.45, 2.75) is 13.8 Å². The van der Waals surface area contributed by atoms with Crippen LogP contribution in [0.5, 0.6) is 11.5 Å². The number of hydrogen-bond donors (Lipinski definition) is 0. The van der Waals surface area contributed by atoms with E-state index < -0.39 is 0 Å². The molecule has 1 aromatic heterocycles. The highest BCUT2D eigenvalue weighted by atomic mass is 16.5. The summed E-state index contributed by atoms with van der Waals surface area (Å²) >= 11 is 0. The molecule has 6 aromatic carbocycles. The minimum absolute atomic E-state index is 0.900. The number of aromatic nitrogens is 1. The van der Waals surface area contributed by atoms with Gasteiger partial charge in [0, 0.05) is 33.0 Å². The number of benzene rings is 6. The fraction of sp³-hybridized carbons (Fsp3) is 0.0526. The Bertz CT molecular complexity index is 2140. The molecule has 1 aliphatic heterocycles. The van der Waals surface area contributed by atoms with Gasteiger partial charge in [0.15, 0.2) is 0 Å². The van der Waals surface area contributed by atoms with E-state index in [1.165, 1.54) is 60.4 Å². The zero-order chi connectivity index (χ0) is 26.8. The summed E-state index contributed by atoms with van der Waals surface area (Å²) in [6.07, 6.45) is 4.39. The van der Waals surface area contributed by atoms with Crippen LogP contribution in [0.4, 0.5) is 0 Å². The van der Waals surface area contributed by atoms with Crippen LogP contribution in [0.15, 0.2) is 121 Å². The number of ether oxygens (including phenoxy) is 1. The maximum absolute atomic E-state index is 6.43. The standard InChI is InChI=1S/C38H27NO/c1-3-11-28-24(2)22-31(38-37(28)30-16-7-8-18-33(30)39(38)27-14-5-4-6-15-27)26-20-21-34-32(23-26)29-17-9-12-25-13-10-19-35(40-34)36(25)29/h3-23H,1-2H3/b11-3-. The fourth-order valence-electron chi connectivity index (χ4n) is 6.51. The number of rotatable bonds is 3. The van der Waals surface area contributed by atoms with E-state index in [-0.39, 0.29) is 0 Å². The highest BCUT2D eigenvalue weighted by Gasteiger charge is 2.23. The molecule has 2 heterocycles. The molecule has 0 fully saturated rings. The second-order valence-corrected chi connectivity index (χ2v) is 10.5. The summed E-state index contributed by atoms with van der Waals surface area (Å²) in [5.74, 6) is 1.82. The van der Waals surface area contributed by atoms with E-state index in [4.69, 9.17) is 4.74 Å². The first kappa shape index (κ1) is 22.9. The number of fused-ring (bicyclic) bond motifs is 5. The van der Waals surface area contributed by atoms with Gasteiger partial charge in [-0.05, 0) is 84.0 Å². The van der Waals surface area contributed by atoms with Gasteiger partial charge in [-0.1, -0.05) is 84.9 Å². The van der Waals surface area contributed by atoms with Gasteiger partial charge in [-0.25, -0.2) is 0 Å². The molecular formula is C38H27NO. The highest BCUT2D eigenvalue weighted by Crippen LogP contribution is 2.49. The molecule has 2 nitrogen and oxygen atoms in total. The van der Waals surface area contributed by atoms with Crippen LogP contribution < -0.4 is 4.74 Å². The van der Waals surface area contributed by atoms with Crippen LogP contribution in [0.25, 0.3) is 66.6 Å². The Kier molecular flexibility index (Phi) is 4.99. The van der Waals surface area contributed by atoms with Crippen LogP contribution >= 0.6 is 0 Å². The maximum atomic E-state index is 6.43. The zero-order valence-corrected chi connectivity index (χ0v) is 22.5. The van der Waals surface area contributed by atoms with Crippen molar-refractivity contribution in [3.63, 3.8) is 0 Å². The summed E-state index contributed by atoms with van der Waals surface area (Å²) in [6.45, 7) is 4.32. The van der Waals surface area contributed by atoms with E-state index in [0.717, 1.165) is 22.7 Å². The quantitative estimate of drug-likeness (QED) is 0.229. The third kappa shape index (κ3) is 3.23. The Balaban J connectivity index is 1.49. The molecule has 7 aromatic rings. The van der Waals surface area contributed by atoms with Crippen molar-refractivity contribution in [1.29, 1.82) is 0 Å². The molecule has 1 aliphatic rings. The predicted octanol–water partition coefficient (Wildman–Crippen LogP) is 10.7. The van der Waals surface area contributed by atoms with Crippen LogP contribution in [0, 0.1) is 6.92 Å². The van der Waals surface area contributed by atoms with E-state index in [1.807, 2.05) is 0 Å². The van der Waals surface area contributed by atoms with Gasteiger partial charge in [-0.3, -0.25) is 0 Å². The lowest BCUT2D eigenvalue weighted by molar-refractivity contribution is 0.487. The molecule has 0 unspecified atom stereocenters. The van der Waals surface area contributed by atoms with Gasteiger partial charge in [0.25, 0.3) is 0 Å². The molecule has 40 heavy (non-hydrogen) atoms. The molecule has 0 aliphatic carbocycles. The Morgan fingerprint density at radius 2 is 1.45 bits per heavy atom. The summed E-state index contributed by atoms with van der Waals surface area (Å²) < 4.78 is 8.86. The molecule has 0 radical (unpaired) electrons. The van der Waals surface area contributed by atoms with E-state index in [0.29, 0.717) is 0 Å². The van der Waals surface area contributed by atoms with Crippen LogP contribution in [0.2, 0.25) is 0 Å². The first-order chi connectivity index (χ1) is 19.7. The average molecular weight is 514 g/mol. The zero-order valence-electron chi connectivity index (χ0n) is 22.5. The van der Waals surface area contributed by atoms with Gasteiger partial charge in [0.05, 0.1) is 11.0 Å². The van der Waals surface area contributed by atoms with Crippen LogP contribution in [0.3, 0.4) is 0 Å². The summed E-state index contributed by atoms with van der Waals surface area (Å²) in [6, 6.07) is 41.3. The van der Waals surface area contributed by atoms with E-state index >= 15 is 0 Å². The number of nitrogens with zero attached hydrogens (tertiary/aromatic N) is 1. The molecule has 0 atom stereocenters. The molecule has 8 rings (SSSR count). The molecule has 0 N–H and O–H groups in total. The van der Waals surface area contributed by atoms with Gasteiger partial charge in [-0.2, -0.15) is 0 Å². The molecule has 0 bridgehead atoms. The minimum Gasteiger partial charge on any atom is -0.456 e.